The molecule has 0 bridgehead atoms. The first-order valence-corrected chi connectivity index (χ1v) is 7.85. The summed E-state index contributed by atoms with van der Waals surface area (Å²) in [6, 6.07) is 2.14. The van der Waals surface area contributed by atoms with Crippen LogP contribution in [0.3, 0.4) is 0 Å². The Labute approximate surface area is 125 Å². The quantitative estimate of drug-likeness (QED) is 0.593. The molecule has 1 aromatic heterocycles. The Morgan fingerprint density at radius 1 is 1.47 bits per heavy atom. The van der Waals surface area contributed by atoms with Gasteiger partial charge in [0.25, 0.3) is 0 Å². The minimum atomic E-state index is 0.697. The van der Waals surface area contributed by atoms with Gasteiger partial charge in [-0.2, -0.15) is 11.8 Å². The van der Waals surface area contributed by atoms with Crippen LogP contribution in [-0.4, -0.2) is 43.5 Å². The van der Waals surface area contributed by atoms with Crippen LogP contribution >= 0.6 is 24.0 Å². The monoisotopic (exact) mass is 301 g/mol. The number of thioether (sulfide) groups is 1. The molecule has 108 valence electrons. The normalized spacial score (nSPS) is 10.8. The minimum Gasteiger partial charge on any atom is -0.464 e. The maximum atomic E-state index is 5.85. The smallest absolute Gasteiger partial charge is 0.166 e. The molecule has 0 aliphatic heterocycles. The van der Waals surface area contributed by atoms with Gasteiger partial charge in [-0.25, -0.2) is 0 Å². The molecular weight excluding hydrogens is 278 g/mol. The van der Waals surface area contributed by atoms with E-state index in [9.17, 15) is 0 Å². The second-order valence-electron chi connectivity index (χ2n) is 4.62. The highest BCUT2D eigenvalue weighted by Gasteiger charge is 2.08. The van der Waals surface area contributed by atoms with Gasteiger partial charge in [0.15, 0.2) is 5.11 Å². The summed E-state index contributed by atoms with van der Waals surface area (Å²) in [6.07, 6.45) is 0. The zero-order valence-electron chi connectivity index (χ0n) is 12.1. The molecule has 0 unspecified atom stereocenters. The van der Waals surface area contributed by atoms with Crippen LogP contribution in [0.1, 0.15) is 17.1 Å². The van der Waals surface area contributed by atoms with Crippen LogP contribution in [0.25, 0.3) is 0 Å². The lowest BCUT2D eigenvalue weighted by Crippen LogP contribution is -2.33. The zero-order valence-corrected chi connectivity index (χ0v) is 13.7. The molecular formula is C13H23N3OS2. The lowest BCUT2D eigenvalue weighted by atomic mass is 10.2. The van der Waals surface area contributed by atoms with Crippen molar-refractivity contribution in [3.63, 3.8) is 0 Å². The van der Waals surface area contributed by atoms with Crippen LogP contribution in [0.15, 0.2) is 10.5 Å². The van der Waals surface area contributed by atoms with Gasteiger partial charge in [-0.3, -0.25) is 0 Å². The summed E-state index contributed by atoms with van der Waals surface area (Å²) in [6.45, 7) is 3.83. The fraction of sp³-hybridized carbons (Fsp3) is 0.615. The van der Waals surface area contributed by atoms with Gasteiger partial charge < -0.3 is 20.0 Å². The molecule has 0 aliphatic carbocycles. The van der Waals surface area contributed by atoms with Crippen molar-refractivity contribution < 1.29 is 4.42 Å². The molecule has 0 atom stereocenters. The summed E-state index contributed by atoms with van der Waals surface area (Å²) in [7, 11) is 5.92. The van der Waals surface area contributed by atoms with E-state index in [2.05, 4.69) is 28.5 Å². The third-order valence-corrected chi connectivity index (χ3v) is 3.86. The van der Waals surface area contributed by atoms with Crippen LogP contribution in [0, 0.1) is 6.92 Å². The van der Waals surface area contributed by atoms with Gasteiger partial charge in [-0.1, -0.05) is 0 Å². The Morgan fingerprint density at radius 2 is 2.21 bits per heavy atom. The lowest BCUT2D eigenvalue weighted by molar-refractivity contribution is 0.343. The van der Waals surface area contributed by atoms with Gasteiger partial charge in [0.2, 0.25) is 0 Å². The van der Waals surface area contributed by atoms with Gasteiger partial charge >= 0.3 is 0 Å². The highest BCUT2D eigenvalue weighted by Crippen LogP contribution is 2.20. The van der Waals surface area contributed by atoms with E-state index in [0.29, 0.717) is 5.11 Å². The Hall–Kier alpha value is -0.720. The number of rotatable bonds is 7. The van der Waals surface area contributed by atoms with Crippen LogP contribution in [0.4, 0.5) is 0 Å². The summed E-state index contributed by atoms with van der Waals surface area (Å²) in [5.41, 5.74) is 1.23. The molecule has 1 aromatic rings. The van der Waals surface area contributed by atoms with Crippen molar-refractivity contribution in [3.8, 4) is 0 Å². The van der Waals surface area contributed by atoms with Crippen LogP contribution in [0.2, 0.25) is 0 Å². The fourth-order valence-electron chi connectivity index (χ4n) is 1.60. The summed E-state index contributed by atoms with van der Waals surface area (Å²) in [5, 5.41) is 6.71. The highest BCUT2D eigenvalue weighted by molar-refractivity contribution is 7.98. The molecule has 2 N–H and O–H groups in total. The van der Waals surface area contributed by atoms with E-state index < -0.39 is 0 Å². The number of aryl methyl sites for hydroxylation is 1. The Bertz CT molecular complexity index is 405. The standard InChI is InChI=1S/C13H23N3OS2/c1-10-7-11(17-12(10)8-16(3)4)9-19-6-5-15-13(18)14-2/h7H,5-6,8-9H2,1-4H3,(H2,14,15,18). The number of furan rings is 1. The van der Waals surface area contributed by atoms with Crippen molar-refractivity contribution in [1.82, 2.24) is 15.5 Å². The van der Waals surface area contributed by atoms with E-state index in [1.807, 2.05) is 32.9 Å². The molecule has 0 aliphatic rings. The number of nitrogens with one attached hydrogen (secondary N) is 2. The maximum Gasteiger partial charge on any atom is 0.166 e. The van der Waals surface area contributed by atoms with E-state index in [4.69, 9.17) is 16.6 Å². The molecule has 0 spiro atoms. The SMILES string of the molecule is CNC(=S)NCCSCc1cc(C)c(CN(C)C)o1. The molecule has 1 rings (SSSR count). The molecule has 0 saturated heterocycles. The number of thiocarbonyl (C=S) groups is 1. The maximum absolute atomic E-state index is 5.85. The van der Waals surface area contributed by atoms with Crippen molar-refractivity contribution in [3.05, 3.63) is 23.2 Å². The van der Waals surface area contributed by atoms with Gasteiger partial charge in [0.05, 0.1) is 12.3 Å². The van der Waals surface area contributed by atoms with Gasteiger partial charge in [0, 0.05) is 19.3 Å². The Morgan fingerprint density at radius 3 is 2.84 bits per heavy atom. The van der Waals surface area contributed by atoms with Crippen molar-refractivity contribution in [2.24, 2.45) is 0 Å². The summed E-state index contributed by atoms with van der Waals surface area (Å²) < 4.78 is 5.85. The van der Waals surface area contributed by atoms with Crippen LogP contribution < -0.4 is 10.6 Å². The molecule has 0 aromatic carbocycles. The molecule has 0 saturated carbocycles. The minimum absolute atomic E-state index is 0.697. The first-order chi connectivity index (χ1) is 9.02. The molecule has 6 heteroatoms. The first kappa shape index (κ1) is 16.3. The van der Waals surface area contributed by atoms with E-state index in [1.54, 1.807) is 0 Å². The second-order valence-corrected chi connectivity index (χ2v) is 6.13. The number of nitrogens with zero attached hydrogens (tertiary/aromatic N) is 1. The molecule has 0 radical (unpaired) electrons. The summed E-state index contributed by atoms with van der Waals surface area (Å²) in [4.78, 5) is 2.12. The van der Waals surface area contributed by atoms with E-state index in [0.717, 1.165) is 36.1 Å². The third kappa shape index (κ3) is 6.31. The van der Waals surface area contributed by atoms with Crippen molar-refractivity contribution in [1.29, 1.82) is 0 Å². The fourth-order valence-corrected chi connectivity index (χ4v) is 2.44. The molecule has 4 nitrogen and oxygen atoms in total. The average molecular weight is 301 g/mol. The molecule has 0 amide bonds. The average Bonchev–Trinajstić information content (AvgIpc) is 2.68. The lowest BCUT2D eigenvalue weighted by Gasteiger charge is -2.07. The Kier molecular flexibility index (Phi) is 7.27. The van der Waals surface area contributed by atoms with Crippen molar-refractivity contribution in [2.45, 2.75) is 19.2 Å². The Balaban J connectivity index is 2.28. The topological polar surface area (TPSA) is 40.4 Å². The van der Waals surface area contributed by atoms with Crippen LogP contribution in [0.5, 0.6) is 0 Å². The number of hydrogen-bond acceptors (Lipinski definition) is 4. The van der Waals surface area contributed by atoms with E-state index >= 15 is 0 Å². The summed E-state index contributed by atoms with van der Waals surface area (Å²) >= 11 is 6.85. The molecule has 1 heterocycles. The molecule has 0 fully saturated rings. The second kappa shape index (κ2) is 8.45. The first-order valence-electron chi connectivity index (χ1n) is 6.29. The highest BCUT2D eigenvalue weighted by atomic mass is 32.2. The predicted octanol–water partition coefficient (Wildman–Crippen LogP) is 1.98. The van der Waals surface area contributed by atoms with E-state index in [1.165, 1.54) is 5.56 Å². The van der Waals surface area contributed by atoms with Gasteiger partial charge in [-0.05, 0) is 44.9 Å². The summed E-state index contributed by atoms with van der Waals surface area (Å²) in [5.74, 6) is 4.03. The number of hydrogen-bond donors (Lipinski definition) is 2. The predicted molar refractivity (Wildman–Crippen MR) is 86.7 cm³/mol. The third-order valence-electron chi connectivity index (χ3n) is 2.53. The van der Waals surface area contributed by atoms with Crippen LogP contribution in [-0.2, 0) is 12.3 Å². The van der Waals surface area contributed by atoms with E-state index in [-0.39, 0.29) is 0 Å². The zero-order chi connectivity index (χ0) is 14.3. The van der Waals surface area contributed by atoms with Gasteiger partial charge in [0.1, 0.15) is 11.5 Å². The van der Waals surface area contributed by atoms with Gasteiger partial charge in [-0.15, -0.1) is 0 Å². The largest absolute Gasteiger partial charge is 0.464 e. The van der Waals surface area contributed by atoms with Crippen molar-refractivity contribution >= 4 is 29.1 Å². The van der Waals surface area contributed by atoms with Crippen molar-refractivity contribution in [2.75, 3.05) is 33.4 Å². The molecule has 19 heavy (non-hydrogen) atoms.